The van der Waals surface area contributed by atoms with Gasteiger partial charge in [-0.15, -0.1) is 0 Å². The minimum absolute atomic E-state index is 0.0133. The standard InChI is InChI=1S/C12H17N5O3S/c1-9-11(10(2)17(15-9)7-4-8-18)21(19,20)16-12-13-5-3-6-14-12/h3,5-6,18H,4,7-8H2,1-2H3,(H,13,14,16). The molecule has 0 aliphatic heterocycles. The maximum atomic E-state index is 12.4. The van der Waals surface area contributed by atoms with Gasteiger partial charge in [-0.2, -0.15) is 5.10 Å². The molecule has 9 heteroatoms. The van der Waals surface area contributed by atoms with Crippen LogP contribution in [0.3, 0.4) is 0 Å². The van der Waals surface area contributed by atoms with Gasteiger partial charge in [-0.25, -0.2) is 23.1 Å². The zero-order chi connectivity index (χ0) is 15.5. The lowest BCUT2D eigenvalue weighted by molar-refractivity contribution is 0.276. The number of nitrogens with zero attached hydrogens (tertiary/aromatic N) is 4. The molecule has 0 bridgehead atoms. The molecule has 0 radical (unpaired) electrons. The molecule has 2 N–H and O–H groups in total. The molecule has 0 atom stereocenters. The third-order valence-electron chi connectivity index (χ3n) is 2.90. The summed E-state index contributed by atoms with van der Waals surface area (Å²) in [7, 11) is -3.80. The van der Waals surface area contributed by atoms with Crippen molar-refractivity contribution in [3.63, 3.8) is 0 Å². The van der Waals surface area contributed by atoms with Gasteiger partial charge < -0.3 is 5.11 Å². The highest BCUT2D eigenvalue weighted by atomic mass is 32.2. The molecule has 0 unspecified atom stereocenters. The van der Waals surface area contributed by atoms with E-state index in [0.717, 1.165) is 0 Å². The number of sulfonamides is 1. The van der Waals surface area contributed by atoms with Gasteiger partial charge in [0.15, 0.2) is 0 Å². The number of hydrogen-bond acceptors (Lipinski definition) is 6. The highest BCUT2D eigenvalue weighted by Gasteiger charge is 2.25. The molecular formula is C12H17N5O3S. The van der Waals surface area contributed by atoms with E-state index < -0.39 is 10.0 Å². The van der Waals surface area contributed by atoms with E-state index in [1.165, 1.54) is 12.4 Å². The molecule has 0 saturated carbocycles. The maximum Gasteiger partial charge on any atom is 0.267 e. The molecule has 0 fully saturated rings. The Morgan fingerprint density at radius 3 is 2.57 bits per heavy atom. The lowest BCUT2D eigenvalue weighted by Crippen LogP contribution is -2.16. The first kappa shape index (κ1) is 15.4. The number of aliphatic hydroxyl groups is 1. The lowest BCUT2D eigenvalue weighted by Gasteiger charge is -2.07. The topological polar surface area (TPSA) is 110 Å². The van der Waals surface area contributed by atoms with Crippen LogP contribution < -0.4 is 4.72 Å². The number of nitrogens with one attached hydrogen (secondary N) is 1. The molecule has 0 saturated heterocycles. The fourth-order valence-electron chi connectivity index (χ4n) is 2.03. The lowest BCUT2D eigenvalue weighted by atomic mass is 10.4. The Hall–Kier alpha value is -2.00. The van der Waals surface area contributed by atoms with Crippen molar-refractivity contribution in [3.8, 4) is 0 Å². The van der Waals surface area contributed by atoms with Crippen LogP contribution in [0.1, 0.15) is 17.8 Å². The van der Waals surface area contributed by atoms with E-state index in [4.69, 9.17) is 5.11 Å². The Kier molecular flexibility index (Phi) is 4.53. The first-order valence-electron chi connectivity index (χ1n) is 6.40. The zero-order valence-corrected chi connectivity index (χ0v) is 12.6. The summed E-state index contributed by atoms with van der Waals surface area (Å²) in [5, 5.41) is 13.1. The molecule has 0 aromatic carbocycles. The van der Waals surface area contributed by atoms with Crippen molar-refractivity contribution < 1.29 is 13.5 Å². The second-order valence-electron chi connectivity index (χ2n) is 4.48. The summed E-state index contributed by atoms with van der Waals surface area (Å²) in [4.78, 5) is 7.81. The summed E-state index contributed by atoms with van der Waals surface area (Å²) in [6.07, 6.45) is 3.42. The Bertz CT molecular complexity index is 712. The van der Waals surface area contributed by atoms with Crippen LogP contribution in [-0.4, -0.2) is 39.9 Å². The monoisotopic (exact) mass is 311 g/mol. The molecule has 2 aromatic rings. The van der Waals surface area contributed by atoms with E-state index in [1.54, 1.807) is 24.6 Å². The largest absolute Gasteiger partial charge is 0.396 e. The van der Waals surface area contributed by atoms with Gasteiger partial charge >= 0.3 is 0 Å². The van der Waals surface area contributed by atoms with Crippen LogP contribution >= 0.6 is 0 Å². The number of aromatic nitrogens is 4. The smallest absolute Gasteiger partial charge is 0.267 e. The van der Waals surface area contributed by atoms with Crippen molar-refractivity contribution in [1.82, 2.24) is 19.7 Å². The average molecular weight is 311 g/mol. The van der Waals surface area contributed by atoms with Crippen LogP contribution in [0, 0.1) is 13.8 Å². The van der Waals surface area contributed by atoms with Gasteiger partial charge in [-0.1, -0.05) is 0 Å². The van der Waals surface area contributed by atoms with Crippen LogP contribution in [0.15, 0.2) is 23.4 Å². The number of hydrogen-bond donors (Lipinski definition) is 2. The summed E-state index contributed by atoms with van der Waals surface area (Å²) in [6.45, 7) is 3.79. The van der Waals surface area contributed by atoms with Crippen molar-refractivity contribution in [2.24, 2.45) is 0 Å². The van der Waals surface area contributed by atoms with Gasteiger partial charge in [-0.05, 0) is 26.3 Å². The van der Waals surface area contributed by atoms with Crippen molar-refractivity contribution in [3.05, 3.63) is 29.8 Å². The van der Waals surface area contributed by atoms with E-state index in [0.29, 0.717) is 24.4 Å². The van der Waals surface area contributed by atoms with Gasteiger partial charge in [-0.3, -0.25) is 4.68 Å². The predicted octanol–water partition coefficient (Wildman–Crippen LogP) is 0.473. The third-order valence-corrected chi connectivity index (χ3v) is 4.48. The Balaban J connectivity index is 2.34. The molecule has 2 heterocycles. The molecule has 114 valence electrons. The van der Waals surface area contributed by atoms with E-state index in [1.807, 2.05) is 0 Å². The minimum atomic E-state index is -3.80. The van der Waals surface area contributed by atoms with Crippen LogP contribution in [0.25, 0.3) is 0 Å². The molecule has 2 aromatic heterocycles. The average Bonchev–Trinajstić information content (AvgIpc) is 2.72. The third kappa shape index (κ3) is 3.37. The summed E-state index contributed by atoms with van der Waals surface area (Å²) in [5.74, 6) is 0.0133. The molecule has 0 spiro atoms. The summed E-state index contributed by atoms with van der Waals surface area (Å²) in [5.41, 5.74) is 0.915. The quantitative estimate of drug-likeness (QED) is 0.802. The van der Waals surface area contributed by atoms with Gasteiger partial charge in [0.05, 0.1) is 11.4 Å². The Labute approximate surface area is 122 Å². The summed E-state index contributed by atoms with van der Waals surface area (Å²) < 4.78 is 28.8. The highest BCUT2D eigenvalue weighted by molar-refractivity contribution is 7.92. The number of rotatable bonds is 6. The Morgan fingerprint density at radius 1 is 1.29 bits per heavy atom. The van der Waals surface area contributed by atoms with E-state index in [-0.39, 0.29) is 17.5 Å². The van der Waals surface area contributed by atoms with Gasteiger partial charge in [0, 0.05) is 25.5 Å². The first-order valence-corrected chi connectivity index (χ1v) is 7.88. The number of aliphatic hydroxyl groups excluding tert-OH is 1. The van der Waals surface area contributed by atoms with Crippen molar-refractivity contribution in [2.75, 3.05) is 11.3 Å². The SMILES string of the molecule is Cc1nn(CCCO)c(C)c1S(=O)(=O)Nc1ncccn1. The van der Waals surface area contributed by atoms with E-state index >= 15 is 0 Å². The minimum Gasteiger partial charge on any atom is -0.396 e. The van der Waals surface area contributed by atoms with Crippen LogP contribution in [0.2, 0.25) is 0 Å². The summed E-state index contributed by atoms with van der Waals surface area (Å²) in [6, 6.07) is 1.60. The van der Waals surface area contributed by atoms with Crippen molar-refractivity contribution in [2.45, 2.75) is 31.7 Å². The normalized spacial score (nSPS) is 11.6. The molecule has 2 rings (SSSR count). The van der Waals surface area contributed by atoms with E-state index in [2.05, 4.69) is 19.8 Å². The number of aryl methyl sites for hydroxylation is 2. The predicted molar refractivity (Wildman–Crippen MR) is 76.2 cm³/mol. The van der Waals surface area contributed by atoms with Crippen molar-refractivity contribution >= 4 is 16.0 Å². The van der Waals surface area contributed by atoms with Gasteiger partial charge in [0.1, 0.15) is 4.90 Å². The molecule has 21 heavy (non-hydrogen) atoms. The fraction of sp³-hybridized carbons (Fsp3) is 0.417. The molecule has 0 amide bonds. The first-order chi connectivity index (χ1) is 9.95. The van der Waals surface area contributed by atoms with Gasteiger partial charge in [0.25, 0.3) is 10.0 Å². The van der Waals surface area contributed by atoms with Gasteiger partial charge in [0.2, 0.25) is 5.95 Å². The highest BCUT2D eigenvalue weighted by Crippen LogP contribution is 2.21. The molecule has 8 nitrogen and oxygen atoms in total. The Morgan fingerprint density at radius 2 is 1.95 bits per heavy atom. The van der Waals surface area contributed by atoms with Crippen molar-refractivity contribution in [1.29, 1.82) is 0 Å². The zero-order valence-electron chi connectivity index (χ0n) is 11.8. The van der Waals surface area contributed by atoms with Crippen LogP contribution in [0.4, 0.5) is 5.95 Å². The molecule has 0 aliphatic rings. The maximum absolute atomic E-state index is 12.4. The van der Waals surface area contributed by atoms with E-state index in [9.17, 15) is 8.42 Å². The molecule has 0 aliphatic carbocycles. The molecular weight excluding hydrogens is 294 g/mol. The van der Waals surface area contributed by atoms with Crippen LogP contribution in [-0.2, 0) is 16.6 Å². The second-order valence-corrected chi connectivity index (χ2v) is 6.10. The summed E-state index contributed by atoms with van der Waals surface area (Å²) >= 11 is 0. The second kappa shape index (κ2) is 6.19. The number of anilines is 1. The van der Waals surface area contributed by atoms with Crippen LogP contribution in [0.5, 0.6) is 0 Å². The fourth-order valence-corrected chi connectivity index (χ4v) is 3.40.